The van der Waals surface area contributed by atoms with Gasteiger partial charge in [-0.2, -0.15) is 0 Å². The molecule has 4 nitrogen and oxygen atoms in total. The Labute approximate surface area is 149 Å². The van der Waals surface area contributed by atoms with Gasteiger partial charge in [0.15, 0.2) is 9.84 Å². The molecule has 23 heavy (non-hydrogen) atoms. The van der Waals surface area contributed by atoms with Gasteiger partial charge in [-0.05, 0) is 42.5 Å². The first-order chi connectivity index (χ1) is 10.8. The SMILES string of the molecule is O=S(=O)(C[C@@H](O)COc1ccc(Cl)cc1Cl)c1ccc(Cl)cc1. The van der Waals surface area contributed by atoms with Crippen LogP contribution in [0.4, 0.5) is 0 Å². The van der Waals surface area contributed by atoms with Gasteiger partial charge in [-0.1, -0.05) is 34.8 Å². The summed E-state index contributed by atoms with van der Waals surface area (Å²) in [6, 6.07) is 10.4. The van der Waals surface area contributed by atoms with Crippen LogP contribution < -0.4 is 4.74 Å². The molecule has 8 heteroatoms. The van der Waals surface area contributed by atoms with Crippen LogP contribution in [0.5, 0.6) is 5.75 Å². The van der Waals surface area contributed by atoms with Gasteiger partial charge >= 0.3 is 0 Å². The number of benzene rings is 2. The normalized spacial score (nSPS) is 12.9. The zero-order chi connectivity index (χ0) is 17.0. The van der Waals surface area contributed by atoms with Crippen molar-refractivity contribution in [3.8, 4) is 5.75 Å². The van der Waals surface area contributed by atoms with Crippen molar-refractivity contribution < 1.29 is 18.3 Å². The van der Waals surface area contributed by atoms with Crippen molar-refractivity contribution in [2.24, 2.45) is 0 Å². The molecule has 2 aromatic carbocycles. The molecule has 0 amide bonds. The molecular weight excluding hydrogens is 383 g/mol. The zero-order valence-corrected chi connectivity index (χ0v) is 14.8. The number of halogens is 3. The summed E-state index contributed by atoms with van der Waals surface area (Å²) in [5, 5.41) is 11.1. The summed E-state index contributed by atoms with van der Waals surface area (Å²) in [4.78, 5) is 0.0884. The summed E-state index contributed by atoms with van der Waals surface area (Å²) < 4.78 is 29.7. The van der Waals surface area contributed by atoms with Gasteiger partial charge in [0.1, 0.15) is 18.5 Å². The van der Waals surface area contributed by atoms with Crippen molar-refractivity contribution >= 4 is 44.6 Å². The first-order valence-corrected chi connectivity index (χ1v) is 9.31. The maximum absolute atomic E-state index is 12.2. The lowest BCUT2D eigenvalue weighted by atomic mass is 10.3. The third-order valence-electron chi connectivity index (χ3n) is 2.91. The van der Waals surface area contributed by atoms with E-state index in [2.05, 4.69) is 0 Å². The molecule has 2 rings (SSSR count). The van der Waals surface area contributed by atoms with E-state index in [0.717, 1.165) is 0 Å². The lowest BCUT2D eigenvalue weighted by Crippen LogP contribution is -2.27. The summed E-state index contributed by atoms with van der Waals surface area (Å²) in [5.41, 5.74) is 0. The molecule has 2 aromatic rings. The highest BCUT2D eigenvalue weighted by molar-refractivity contribution is 7.91. The van der Waals surface area contributed by atoms with E-state index in [1.54, 1.807) is 12.1 Å². The van der Waals surface area contributed by atoms with Gasteiger partial charge in [0.25, 0.3) is 0 Å². The Morgan fingerprint density at radius 3 is 2.22 bits per heavy atom. The van der Waals surface area contributed by atoms with E-state index in [1.165, 1.54) is 30.3 Å². The van der Waals surface area contributed by atoms with Crippen molar-refractivity contribution in [1.82, 2.24) is 0 Å². The molecule has 1 atom stereocenters. The Morgan fingerprint density at radius 2 is 1.61 bits per heavy atom. The van der Waals surface area contributed by atoms with Crippen LogP contribution in [-0.2, 0) is 9.84 Å². The van der Waals surface area contributed by atoms with Crippen LogP contribution in [0.3, 0.4) is 0 Å². The maximum atomic E-state index is 12.2. The standard InChI is InChI=1S/C15H13Cl3O4S/c16-10-1-4-13(5-2-10)23(20,21)9-12(19)8-22-15-6-3-11(17)7-14(15)18/h1-7,12,19H,8-9H2/t12-/m0/s1. The maximum Gasteiger partial charge on any atom is 0.181 e. The van der Waals surface area contributed by atoms with E-state index in [1.807, 2.05) is 0 Å². The molecule has 0 saturated heterocycles. The van der Waals surface area contributed by atoms with Crippen molar-refractivity contribution in [3.63, 3.8) is 0 Å². The average molecular weight is 396 g/mol. The molecule has 0 saturated carbocycles. The molecule has 0 aliphatic carbocycles. The molecule has 0 fully saturated rings. The topological polar surface area (TPSA) is 63.6 Å². The van der Waals surface area contributed by atoms with Crippen molar-refractivity contribution in [3.05, 3.63) is 57.5 Å². The molecule has 0 heterocycles. The van der Waals surface area contributed by atoms with Crippen LogP contribution >= 0.6 is 34.8 Å². The predicted molar refractivity (Wildman–Crippen MR) is 91.5 cm³/mol. The van der Waals surface area contributed by atoms with Gasteiger partial charge in [0.2, 0.25) is 0 Å². The Hall–Kier alpha value is -0.980. The average Bonchev–Trinajstić information content (AvgIpc) is 2.46. The van der Waals surface area contributed by atoms with Gasteiger partial charge in [0.05, 0.1) is 15.7 Å². The largest absolute Gasteiger partial charge is 0.489 e. The van der Waals surface area contributed by atoms with Crippen molar-refractivity contribution in [2.75, 3.05) is 12.4 Å². The van der Waals surface area contributed by atoms with E-state index in [-0.39, 0.29) is 16.5 Å². The molecule has 0 unspecified atom stereocenters. The highest BCUT2D eigenvalue weighted by Gasteiger charge is 2.20. The quantitative estimate of drug-likeness (QED) is 0.806. The van der Waals surface area contributed by atoms with Crippen LogP contribution in [0.25, 0.3) is 0 Å². The molecule has 0 spiro atoms. The number of rotatable bonds is 6. The molecule has 0 aromatic heterocycles. The molecular formula is C15H13Cl3O4S. The summed E-state index contributed by atoms with van der Waals surface area (Å²) in [7, 11) is -3.64. The number of hydrogen-bond donors (Lipinski definition) is 1. The van der Waals surface area contributed by atoms with Crippen molar-refractivity contribution in [2.45, 2.75) is 11.0 Å². The highest BCUT2D eigenvalue weighted by atomic mass is 35.5. The first kappa shape index (κ1) is 18.4. The first-order valence-electron chi connectivity index (χ1n) is 6.52. The zero-order valence-electron chi connectivity index (χ0n) is 11.7. The fourth-order valence-electron chi connectivity index (χ4n) is 1.82. The monoisotopic (exact) mass is 394 g/mol. The summed E-state index contributed by atoms with van der Waals surface area (Å²) in [5.74, 6) is -0.154. The number of aliphatic hydroxyl groups is 1. The summed E-state index contributed by atoms with van der Waals surface area (Å²) in [6.07, 6.45) is -1.21. The van der Waals surface area contributed by atoms with Crippen LogP contribution in [-0.4, -0.2) is 32.0 Å². The fraction of sp³-hybridized carbons (Fsp3) is 0.200. The Balaban J connectivity index is 1.98. The minimum absolute atomic E-state index is 0.0884. The van der Waals surface area contributed by atoms with Gasteiger partial charge in [-0.15, -0.1) is 0 Å². The van der Waals surface area contributed by atoms with E-state index >= 15 is 0 Å². The lowest BCUT2D eigenvalue weighted by molar-refractivity contribution is 0.125. The second-order valence-electron chi connectivity index (χ2n) is 4.77. The number of aliphatic hydroxyl groups excluding tert-OH is 1. The van der Waals surface area contributed by atoms with E-state index in [4.69, 9.17) is 39.5 Å². The fourth-order valence-corrected chi connectivity index (χ4v) is 3.75. The molecule has 1 N–H and O–H groups in total. The molecule has 0 aliphatic rings. The predicted octanol–water partition coefficient (Wildman–Crippen LogP) is 3.86. The highest BCUT2D eigenvalue weighted by Crippen LogP contribution is 2.27. The number of sulfone groups is 1. The van der Waals surface area contributed by atoms with Gasteiger partial charge in [-0.25, -0.2) is 8.42 Å². The third-order valence-corrected chi connectivity index (χ3v) is 5.51. The number of hydrogen-bond acceptors (Lipinski definition) is 4. The van der Waals surface area contributed by atoms with Gasteiger partial charge < -0.3 is 9.84 Å². The minimum Gasteiger partial charge on any atom is -0.489 e. The van der Waals surface area contributed by atoms with E-state index < -0.39 is 21.7 Å². The van der Waals surface area contributed by atoms with Crippen LogP contribution in [0, 0.1) is 0 Å². The van der Waals surface area contributed by atoms with E-state index in [0.29, 0.717) is 15.8 Å². The Morgan fingerprint density at radius 1 is 1.00 bits per heavy atom. The second kappa shape index (κ2) is 7.73. The molecule has 124 valence electrons. The smallest absolute Gasteiger partial charge is 0.181 e. The Kier molecular flexibility index (Phi) is 6.17. The molecule has 0 radical (unpaired) electrons. The summed E-state index contributed by atoms with van der Waals surface area (Å²) >= 11 is 17.4. The van der Waals surface area contributed by atoms with Crippen LogP contribution in [0.2, 0.25) is 15.1 Å². The van der Waals surface area contributed by atoms with Gasteiger partial charge in [0, 0.05) is 10.0 Å². The molecule has 0 aliphatic heterocycles. The number of ether oxygens (including phenoxy) is 1. The van der Waals surface area contributed by atoms with Gasteiger partial charge in [-0.3, -0.25) is 0 Å². The molecule has 0 bridgehead atoms. The summed E-state index contributed by atoms with van der Waals surface area (Å²) in [6.45, 7) is -0.214. The van der Waals surface area contributed by atoms with Crippen LogP contribution in [0.15, 0.2) is 47.4 Å². The Bertz CT molecular complexity index is 776. The van der Waals surface area contributed by atoms with Crippen LogP contribution in [0.1, 0.15) is 0 Å². The van der Waals surface area contributed by atoms with E-state index in [9.17, 15) is 13.5 Å². The van der Waals surface area contributed by atoms with Crippen molar-refractivity contribution in [1.29, 1.82) is 0 Å². The third kappa shape index (κ3) is 5.26. The lowest BCUT2D eigenvalue weighted by Gasteiger charge is -2.14. The minimum atomic E-state index is -3.64. The second-order valence-corrected chi connectivity index (χ2v) is 8.09.